The minimum Gasteiger partial charge on any atom is -0.381 e. The lowest BCUT2D eigenvalue weighted by molar-refractivity contribution is -0.142. The number of ether oxygens (including phenoxy) is 2. The Balaban J connectivity index is 1.72. The zero-order valence-electron chi connectivity index (χ0n) is 10.2. The minimum absolute atomic E-state index is 0.00181. The first-order valence-corrected chi connectivity index (χ1v) is 6.41. The molecule has 1 unspecified atom stereocenters. The molecule has 0 aliphatic carbocycles. The molecule has 98 valence electrons. The van der Waals surface area contributed by atoms with Crippen LogP contribution >= 0.6 is 0 Å². The zero-order valence-corrected chi connectivity index (χ0v) is 10.2. The fourth-order valence-electron chi connectivity index (χ4n) is 2.87. The van der Waals surface area contributed by atoms with Gasteiger partial charge >= 0.3 is 0 Å². The first kappa shape index (κ1) is 11.8. The van der Waals surface area contributed by atoms with Gasteiger partial charge in [0.25, 0.3) is 0 Å². The molecule has 3 rings (SSSR count). The lowest BCUT2D eigenvalue weighted by Crippen LogP contribution is -2.45. The molecule has 6 heteroatoms. The van der Waals surface area contributed by atoms with E-state index in [2.05, 4.69) is 15.4 Å². The van der Waals surface area contributed by atoms with Gasteiger partial charge in [-0.05, 0) is 25.7 Å². The van der Waals surface area contributed by atoms with Crippen molar-refractivity contribution >= 4 is 5.78 Å². The molecule has 2 fully saturated rings. The second kappa shape index (κ2) is 4.78. The Morgan fingerprint density at radius 3 is 2.94 bits per heavy atom. The lowest BCUT2D eigenvalue weighted by atomic mass is 9.78. The molecule has 1 spiro atoms. The van der Waals surface area contributed by atoms with Crippen molar-refractivity contribution in [2.45, 2.75) is 31.3 Å². The third-order valence-electron chi connectivity index (χ3n) is 3.94. The SMILES string of the molecule is O=C(c1cn[nH]n1)C1CCOC2(CCOCC2)C1. The molecular formula is C12H17N3O3. The summed E-state index contributed by atoms with van der Waals surface area (Å²) in [4.78, 5) is 12.3. The van der Waals surface area contributed by atoms with Crippen molar-refractivity contribution in [2.75, 3.05) is 19.8 Å². The van der Waals surface area contributed by atoms with Crippen molar-refractivity contribution in [3.05, 3.63) is 11.9 Å². The summed E-state index contributed by atoms with van der Waals surface area (Å²) in [6, 6.07) is 0. The molecule has 6 nitrogen and oxygen atoms in total. The molecule has 0 aromatic carbocycles. The van der Waals surface area contributed by atoms with Crippen molar-refractivity contribution in [2.24, 2.45) is 5.92 Å². The first-order chi connectivity index (χ1) is 8.79. The number of hydrogen-bond donors (Lipinski definition) is 1. The highest BCUT2D eigenvalue weighted by Gasteiger charge is 2.41. The summed E-state index contributed by atoms with van der Waals surface area (Å²) in [5.41, 5.74) is 0.282. The molecule has 18 heavy (non-hydrogen) atoms. The Morgan fingerprint density at radius 2 is 2.22 bits per heavy atom. The van der Waals surface area contributed by atoms with E-state index in [4.69, 9.17) is 9.47 Å². The summed E-state index contributed by atoms with van der Waals surface area (Å²) in [6.07, 6.45) is 4.82. The molecule has 2 saturated heterocycles. The molecule has 1 aromatic heterocycles. The van der Waals surface area contributed by atoms with Gasteiger partial charge in [-0.2, -0.15) is 15.4 Å². The maximum atomic E-state index is 12.3. The molecule has 1 N–H and O–H groups in total. The maximum absolute atomic E-state index is 12.3. The topological polar surface area (TPSA) is 77.1 Å². The van der Waals surface area contributed by atoms with Gasteiger partial charge in [0.1, 0.15) is 5.69 Å². The lowest BCUT2D eigenvalue weighted by Gasteiger charge is -2.42. The van der Waals surface area contributed by atoms with Gasteiger partial charge in [0.15, 0.2) is 5.78 Å². The molecule has 0 amide bonds. The Bertz CT molecular complexity index is 407. The van der Waals surface area contributed by atoms with E-state index in [0.717, 1.165) is 38.9 Å². The molecule has 0 radical (unpaired) electrons. The summed E-state index contributed by atoms with van der Waals surface area (Å²) < 4.78 is 11.3. The fourth-order valence-corrected chi connectivity index (χ4v) is 2.87. The normalized spacial score (nSPS) is 27.2. The molecule has 3 heterocycles. The number of carbonyl (C=O) groups is 1. The Hall–Kier alpha value is -1.27. The molecule has 2 aliphatic rings. The van der Waals surface area contributed by atoms with E-state index in [1.54, 1.807) is 0 Å². The molecule has 1 aromatic rings. The highest BCUT2D eigenvalue weighted by atomic mass is 16.5. The van der Waals surface area contributed by atoms with E-state index in [9.17, 15) is 4.79 Å². The van der Waals surface area contributed by atoms with Crippen LogP contribution in [-0.2, 0) is 9.47 Å². The van der Waals surface area contributed by atoms with Crippen molar-refractivity contribution in [1.82, 2.24) is 15.4 Å². The summed E-state index contributed by atoms with van der Waals surface area (Å²) in [5, 5.41) is 10.1. The van der Waals surface area contributed by atoms with Crippen molar-refractivity contribution in [3.8, 4) is 0 Å². The standard InChI is InChI=1S/C12H17N3O3/c16-11(10-8-13-15-14-10)9-1-4-18-12(7-9)2-5-17-6-3-12/h8-9H,1-7H2,(H,13,14,15). The summed E-state index contributed by atoms with van der Waals surface area (Å²) in [5.74, 6) is 0.0832. The van der Waals surface area contributed by atoms with Gasteiger partial charge in [-0.1, -0.05) is 0 Å². The number of H-pyrrole nitrogens is 1. The Morgan fingerprint density at radius 1 is 1.39 bits per heavy atom. The maximum Gasteiger partial charge on any atom is 0.187 e. The second-order valence-electron chi connectivity index (χ2n) is 5.05. The average Bonchev–Trinajstić information content (AvgIpc) is 2.93. The van der Waals surface area contributed by atoms with Crippen LogP contribution in [0.4, 0.5) is 0 Å². The summed E-state index contributed by atoms with van der Waals surface area (Å²) in [7, 11) is 0. The number of nitrogens with one attached hydrogen (secondary N) is 1. The highest BCUT2D eigenvalue weighted by molar-refractivity contribution is 5.95. The van der Waals surface area contributed by atoms with Crippen molar-refractivity contribution < 1.29 is 14.3 Å². The number of ketones is 1. The van der Waals surface area contributed by atoms with Crippen LogP contribution in [0.15, 0.2) is 6.20 Å². The van der Waals surface area contributed by atoms with Crippen molar-refractivity contribution in [1.29, 1.82) is 0 Å². The van der Waals surface area contributed by atoms with Crippen LogP contribution in [0.25, 0.3) is 0 Å². The third-order valence-corrected chi connectivity index (χ3v) is 3.94. The zero-order chi connectivity index (χ0) is 12.4. The average molecular weight is 251 g/mol. The number of hydrogen-bond acceptors (Lipinski definition) is 5. The fraction of sp³-hybridized carbons (Fsp3) is 0.750. The number of aromatic nitrogens is 3. The number of carbonyl (C=O) groups excluding carboxylic acids is 1. The van der Waals surface area contributed by atoms with Gasteiger partial charge in [-0.3, -0.25) is 4.79 Å². The Kier molecular flexibility index (Phi) is 3.13. The number of Topliss-reactive ketones (excluding diaryl/α,β-unsaturated/α-hetero) is 1. The third kappa shape index (κ3) is 2.18. The smallest absolute Gasteiger partial charge is 0.187 e. The van der Waals surface area contributed by atoms with Crippen LogP contribution in [-0.4, -0.2) is 46.6 Å². The van der Waals surface area contributed by atoms with Crippen LogP contribution in [0.1, 0.15) is 36.2 Å². The molecule has 1 atom stereocenters. The summed E-state index contributed by atoms with van der Waals surface area (Å²) >= 11 is 0. The second-order valence-corrected chi connectivity index (χ2v) is 5.05. The van der Waals surface area contributed by atoms with Crippen LogP contribution in [0, 0.1) is 5.92 Å². The quantitative estimate of drug-likeness (QED) is 0.792. The van der Waals surface area contributed by atoms with Gasteiger partial charge in [-0.15, -0.1) is 0 Å². The molecule has 0 saturated carbocycles. The van der Waals surface area contributed by atoms with E-state index < -0.39 is 0 Å². The molecule has 2 aliphatic heterocycles. The van der Waals surface area contributed by atoms with E-state index in [1.165, 1.54) is 6.20 Å². The van der Waals surface area contributed by atoms with Gasteiger partial charge in [0, 0.05) is 25.7 Å². The molecular weight excluding hydrogens is 234 g/mol. The monoisotopic (exact) mass is 251 g/mol. The minimum atomic E-state index is -0.152. The number of rotatable bonds is 2. The van der Waals surface area contributed by atoms with Gasteiger partial charge < -0.3 is 9.47 Å². The summed E-state index contributed by atoms with van der Waals surface area (Å²) in [6.45, 7) is 2.10. The number of nitrogens with zero attached hydrogens (tertiary/aromatic N) is 2. The van der Waals surface area contributed by atoms with Crippen LogP contribution < -0.4 is 0 Å². The van der Waals surface area contributed by atoms with E-state index >= 15 is 0 Å². The van der Waals surface area contributed by atoms with Crippen LogP contribution in [0.3, 0.4) is 0 Å². The predicted molar refractivity (Wildman–Crippen MR) is 62.2 cm³/mol. The first-order valence-electron chi connectivity index (χ1n) is 6.41. The Labute approximate surface area is 105 Å². The van der Waals surface area contributed by atoms with Gasteiger partial charge in [0.05, 0.1) is 11.8 Å². The van der Waals surface area contributed by atoms with Crippen LogP contribution in [0.2, 0.25) is 0 Å². The molecule has 0 bridgehead atoms. The predicted octanol–water partition coefficient (Wildman–Crippen LogP) is 0.963. The number of aromatic amines is 1. The van der Waals surface area contributed by atoms with Gasteiger partial charge in [0.2, 0.25) is 0 Å². The largest absolute Gasteiger partial charge is 0.381 e. The van der Waals surface area contributed by atoms with Gasteiger partial charge in [-0.25, -0.2) is 0 Å². The van der Waals surface area contributed by atoms with E-state index in [1.807, 2.05) is 0 Å². The van der Waals surface area contributed by atoms with Crippen molar-refractivity contribution in [3.63, 3.8) is 0 Å². The van der Waals surface area contributed by atoms with Crippen LogP contribution in [0.5, 0.6) is 0 Å². The highest BCUT2D eigenvalue weighted by Crippen LogP contribution is 2.37. The van der Waals surface area contributed by atoms with E-state index in [0.29, 0.717) is 12.3 Å². The van der Waals surface area contributed by atoms with E-state index in [-0.39, 0.29) is 17.3 Å².